The van der Waals surface area contributed by atoms with Gasteiger partial charge in [-0.1, -0.05) is 33.6 Å². The molecule has 2 rings (SSSR count). The molecule has 0 bridgehead atoms. The summed E-state index contributed by atoms with van der Waals surface area (Å²) in [5, 5.41) is 9.28. The molecular weight excluding hydrogens is 354 g/mol. The minimum Gasteiger partial charge on any atom is -0.488 e. The van der Waals surface area contributed by atoms with Crippen LogP contribution in [-0.4, -0.2) is 6.29 Å². The zero-order chi connectivity index (χ0) is 15.4. The third kappa shape index (κ3) is 3.63. The Morgan fingerprint density at radius 3 is 2.76 bits per heavy atom. The van der Waals surface area contributed by atoms with Gasteiger partial charge in [-0.15, -0.1) is 0 Å². The molecule has 5 heteroatoms. The van der Waals surface area contributed by atoms with Crippen molar-refractivity contribution in [1.82, 2.24) is 0 Å². The second-order valence-electron chi connectivity index (χ2n) is 4.47. The Labute approximate surface area is 136 Å². The molecule has 2 aromatic rings. The molecule has 106 valence electrons. The van der Waals surface area contributed by atoms with Gasteiger partial charge in [0.05, 0.1) is 17.2 Å². The molecule has 3 nitrogen and oxygen atoms in total. The standard InChI is InChI=1S/C16H11BrClNO2/c1-10-4-14(17)6-13(8-20)16(10)21-9-12-3-2-11(7-19)5-15(12)18/h2-6,8H,9H2,1H3. The highest BCUT2D eigenvalue weighted by Crippen LogP contribution is 2.28. The lowest BCUT2D eigenvalue weighted by Gasteiger charge is -2.13. The normalized spacial score (nSPS) is 10.0. The zero-order valence-corrected chi connectivity index (χ0v) is 13.5. The van der Waals surface area contributed by atoms with Crippen LogP contribution in [0.3, 0.4) is 0 Å². The average molecular weight is 365 g/mol. The van der Waals surface area contributed by atoms with Gasteiger partial charge in [-0.25, -0.2) is 0 Å². The summed E-state index contributed by atoms with van der Waals surface area (Å²) in [6.45, 7) is 2.10. The summed E-state index contributed by atoms with van der Waals surface area (Å²) in [5.74, 6) is 0.536. The van der Waals surface area contributed by atoms with E-state index >= 15 is 0 Å². The van der Waals surface area contributed by atoms with E-state index in [1.807, 2.05) is 19.1 Å². The van der Waals surface area contributed by atoms with Crippen molar-refractivity contribution in [3.63, 3.8) is 0 Å². The minimum atomic E-state index is 0.230. The van der Waals surface area contributed by atoms with Gasteiger partial charge in [0, 0.05) is 15.1 Å². The molecule has 0 fully saturated rings. The van der Waals surface area contributed by atoms with Gasteiger partial charge < -0.3 is 4.74 Å². The van der Waals surface area contributed by atoms with Crippen LogP contribution in [0, 0.1) is 18.3 Å². The summed E-state index contributed by atoms with van der Waals surface area (Å²) in [7, 11) is 0. The van der Waals surface area contributed by atoms with Crippen molar-refractivity contribution >= 4 is 33.8 Å². The highest BCUT2D eigenvalue weighted by molar-refractivity contribution is 9.10. The number of carbonyl (C=O) groups is 1. The van der Waals surface area contributed by atoms with E-state index in [0.29, 0.717) is 21.9 Å². The molecule has 21 heavy (non-hydrogen) atoms. The van der Waals surface area contributed by atoms with Crippen LogP contribution in [0.4, 0.5) is 0 Å². The topological polar surface area (TPSA) is 50.1 Å². The second kappa shape index (κ2) is 6.75. The van der Waals surface area contributed by atoms with Crippen molar-refractivity contribution in [3.8, 4) is 11.8 Å². The van der Waals surface area contributed by atoms with E-state index in [-0.39, 0.29) is 6.61 Å². The van der Waals surface area contributed by atoms with Crippen LogP contribution in [-0.2, 0) is 6.61 Å². The van der Waals surface area contributed by atoms with E-state index in [9.17, 15) is 4.79 Å². The first-order chi connectivity index (χ1) is 10.0. The smallest absolute Gasteiger partial charge is 0.153 e. The molecule has 0 aliphatic rings. The molecule has 0 radical (unpaired) electrons. The molecule has 0 unspecified atom stereocenters. The van der Waals surface area contributed by atoms with Gasteiger partial charge in [0.1, 0.15) is 12.4 Å². The Morgan fingerprint density at radius 1 is 1.38 bits per heavy atom. The summed E-state index contributed by atoms with van der Waals surface area (Å²) in [5.41, 5.74) is 2.59. The number of hydrogen-bond donors (Lipinski definition) is 0. The van der Waals surface area contributed by atoms with Crippen molar-refractivity contribution in [2.75, 3.05) is 0 Å². The number of nitrogens with zero attached hydrogens (tertiary/aromatic N) is 1. The van der Waals surface area contributed by atoms with E-state index in [1.54, 1.807) is 24.3 Å². The number of nitriles is 1. The van der Waals surface area contributed by atoms with Crippen LogP contribution in [0.1, 0.15) is 27.0 Å². The number of aryl methyl sites for hydroxylation is 1. The Kier molecular flexibility index (Phi) is 5.00. The van der Waals surface area contributed by atoms with Crippen molar-refractivity contribution < 1.29 is 9.53 Å². The van der Waals surface area contributed by atoms with Crippen molar-refractivity contribution in [2.24, 2.45) is 0 Å². The number of carbonyl (C=O) groups excluding carboxylic acids is 1. The third-order valence-electron chi connectivity index (χ3n) is 2.95. The first-order valence-corrected chi connectivity index (χ1v) is 7.29. The van der Waals surface area contributed by atoms with Crippen molar-refractivity contribution in [2.45, 2.75) is 13.5 Å². The summed E-state index contributed by atoms with van der Waals surface area (Å²) >= 11 is 9.45. The molecule has 0 aliphatic heterocycles. The largest absolute Gasteiger partial charge is 0.488 e. The first-order valence-electron chi connectivity index (χ1n) is 6.12. The number of hydrogen-bond acceptors (Lipinski definition) is 3. The lowest BCUT2D eigenvalue weighted by molar-refractivity contribution is 0.111. The fourth-order valence-electron chi connectivity index (χ4n) is 1.92. The van der Waals surface area contributed by atoms with Gasteiger partial charge in [-0.2, -0.15) is 5.26 Å². The molecule has 0 heterocycles. The van der Waals surface area contributed by atoms with E-state index < -0.39 is 0 Å². The summed E-state index contributed by atoms with van der Waals surface area (Å²) in [6, 6.07) is 10.6. The molecule has 0 saturated heterocycles. The van der Waals surface area contributed by atoms with Crippen LogP contribution in [0.25, 0.3) is 0 Å². The Hall–Kier alpha value is -1.83. The van der Waals surface area contributed by atoms with Crippen LogP contribution in [0.5, 0.6) is 5.75 Å². The number of halogens is 2. The van der Waals surface area contributed by atoms with Crippen LogP contribution in [0.15, 0.2) is 34.8 Å². The number of aldehydes is 1. The summed E-state index contributed by atoms with van der Waals surface area (Å²) < 4.78 is 6.56. The predicted octanol–water partition coefficient (Wildman–Crippen LogP) is 4.67. The Balaban J connectivity index is 2.25. The lowest BCUT2D eigenvalue weighted by Crippen LogP contribution is -2.01. The summed E-state index contributed by atoms with van der Waals surface area (Å²) in [4.78, 5) is 11.1. The van der Waals surface area contributed by atoms with Crippen molar-refractivity contribution in [1.29, 1.82) is 5.26 Å². The molecule has 0 aromatic heterocycles. The monoisotopic (exact) mass is 363 g/mol. The maximum absolute atomic E-state index is 11.1. The zero-order valence-electron chi connectivity index (χ0n) is 11.2. The predicted molar refractivity (Wildman–Crippen MR) is 84.8 cm³/mol. The van der Waals surface area contributed by atoms with Crippen LogP contribution >= 0.6 is 27.5 Å². The quantitative estimate of drug-likeness (QED) is 0.741. The fraction of sp³-hybridized carbons (Fsp3) is 0.125. The van der Waals surface area contributed by atoms with E-state index in [0.717, 1.165) is 21.9 Å². The molecule has 2 aromatic carbocycles. The van der Waals surface area contributed by atoms with Gasteiger partial charge in [-0.05, 0) is 36.8 Å². The molecule has 0 atom stereocenters. The molecule has 0 aliphatic carbocycles. The highest BCUT2D eigenvalue weighted by atomic mass is 79.9. The average Bonchev–Trinajstić information content (AvgIpc) is 2.46. The number of rotatable bonds is 4. The van der Waals surface area contributed by atoms with Gasteiger partial charge in [-0.3, -0.25) is 4.79 Å². The van der Waals surface area contributed by atoms with Gasteiger partial charge in [0.2, 0.25) is 0 Å². The van der Waals surface area contributed by atoms with Gasteiger partial charge in [0.25, 0.3) is 0 Å². The minimum absolute atomic E-state index is 0.230. The second-order valence-corrected chi connectivity index (χ2v) is 5.79. The molecule has 0 saturated carbocycles. The molecule has 0 N–H and O–H groups in total. The summed E-state index contributed by atoms with van der Waals surface area (Å²) in [6.07, 6.45) is 0.757. The Morgan fingerprint density at radius 2 is 2.14 bits per heavy atom. The number of benzene rings is 2. The van der Waals surface area contributed by atoms with Gasteiger partial charge in [0.15, 0.2) is 6.29 Å². The van der Waals surface area contributed by atoms with E-state index in [2.05, 4.69) is 15.9 Å². The lowest BCUT2D eigenvalue weighted by atomic mass is 10.1. The third-order valence-corrected chi connectivity index (χ3v) is 3.76. The van der Waals surface area contributed by atoms with Crippen LogP contribution in [0.2, 0.25) is 5.02 Å². The molecular formula is C16H11BrClNO2. The SMILES string of the molecule is Cc1cc(Br)cc(C=O)c1OCc1ccc(C#N)cc1Cl. The van der Waals surface area contributed by atoms with E-state index in [4.69, 9.17) is 21.6 Å². The first kappa shape index (κ1) is 15.6. The maximum Gasteiger partial charge on any atom is 0.153 e. The molecule has 0 amide bonds. The van der Waals surface area contributed by atoms with E-state index in [1.165, 1.54) is 0 Å². The van der Waals surface area contributed by atoms with Crippen molar-refractivity contribution in [3.05, 3.63) is 62.1 Å². The van der Waals surface area contributed by atoms with Crippen LogP contribution < -0.4 is 4.74 Å². The maximum atomic E-state index is 11.1. The van der Waals surface area contributed by atoms with Gasteiger partial charge >= 0.3 is 0 Å². The highest BCUT2D eigenvalue weighted by Gasteiger charge is 2.10. The fourth-order valence-corrected chi connectivity index (χ4v) is 2.75. The Bertz CT molecular complexity index is 738. The molecule has 0 spiro atoms. The number of ether oxygens (including phenoxy) is 1.